The molecule has 0 saturated carbocycles. The fourth-order valence-electron chi connectivity index (χ4n) is 1.85. The quantitative estimate of drug-likeness (QED) is 0.760. The van der Waals surface area contributed by atoms with E-state index in [1.807, 2.05) is 17.7 Å². The summed E-state index contributed by atoms with van der Waals surface area (Å²) in [6.07, 6.45) is 5.92. The molecule has 1 atom stereocenters. The van der Waals surface area contributed by atoms with Crippen molar-refractivity contribution in [2.75, 3.05) is 6.54 Å². The molecule has 0 aromatic carbocycles. The van der Waals surface area contributed by atoms with E-state index in [9.17, 15) is 4.79 Å². The first-order valence-corrected chi connectivity index (χ1v) is 5.95. The number of aromatic nitrogens is 2. The summed E-state index contributed by atoms with van der Waals surface area (Å²) in [6.45, 7) is 5.41. The van der Waals surface area contributed by atoms with Crippen LogP contribution in [0.2, 0.25) is 0 Å². The van der Waals surface area contributed by atoms with Crippen molar-refractivity contribution < 1.29 is 4.79 Å². The van der Waals surface area contributed by atoms with E-state index in [1.165, 1.54) is 0 Å². The van der Waals surface area contributed by atoms with Gasteiger partial charge in [-0.1, -0.05) is 13.3 Å². The van der Waals surface area contributed by atoms with Gasteiger partial charge in [0.15, 0.2) is 0 Å². The highest BCUT2D eigenvalue weighted by Crippen LogP contribution is 2.10. The summed E-state index contributed by atoms with van der Waals surface area (Å²) in [5.74, 6) is 1.05. The lowest BCUT2D eigenvalue weighted by molar-refractivity contribution is -0.122. The normalized spacial score (nSPS) is 12.7. The molecule has 0 fully saturated rings. The number of ketones is 1. The Balaban J connectivity index is 2.62. The fourth-order valence-corrected chi connectivity index (χ4v) is 1.85. The molecule has 0 amide bonds. The summed E-state index contributed by atoms with van der Waals surface area (Å²) in [6, 6.07) is 0. The summed E-state index contributed by atoms with van der Waals surface area (Å²) < 4.78 is 2.00. The van der Waals surface area contributed by atoms with E-state index in [4.69, 9.17) is 5.73 Å². The third kappa shape index (κ3) is 3.17. The van der Waals surface area contributed by atoms with Crippen LogP contribution in [-0.2, 0) is 17.8 Å². The summed E-state index contributed by atoms with van der Waals surface area (Å²) in [5.41, 5.74) is 5.61. The molecule has 4 nitrogen and oxygen atoms in total. The molecule has 4 heteroatoms. The maximum Gasteiger partial charge on any atom is 0.144 e. The molecule has 0 aliphatic heterocycles. The van der Waals surface area contributed by atoms with Crippen molar-refractivity contribution in [3.63, 3.8) is 0 Å². The van der Waals surface area contributed by atoms with E-state index >= 15 is 0 Å². The van der Waals surface area contributed by atoms with Crippen molar-refractivity contribution in [1.82, 2.24) is 9.55 Å². The van der Waals surface area contributed by atoms with Crippen LogP contribution < -0.4 is 5.73 Å². The minimum Gasteiger partial charge on any atom is -0.335 e. The number of rotatable bonds is 7. The SMILES string of the molecule is CCCC(CN)C(=O)Cc1nccn1CC. The Hall–Kier alpha value is -1.16. The Labute approximate surface area is 96.9 Å². The minimum absolute atomic E-state index is 0.00740. The van der Waals surface area contributed by atoms with Crippen molar-refractivity contribution >= 4 is 5.78 Å². The van der Waals surface area contributed by atoms with Gasteiger partial charge in [-0.05, 0) is 13.3 Å². The molecule has 2 N–H and O–H groups in total. The average Bonchev–Trinajstić information content (AvgIpc) is 2.72. The van der Waals surface area contributed by atoms with Crippen LogP contribution in [0, 0.1) is 5.92 Å². The highest BCUT2D eigenvalue weighted by molar-refractivity contribution is 5.82. The van der Waals surface area contributed by atoms with Crippen LogP contribution in [0.5, 0.6) is 0 Å². The summed E-state index contributed by atoms with van der Waals surface area (Å²) >= 11 is 0. The van der Waals surface area contributed by atoms with E-state index in [1.54, 1.807) is 6.20 Å². The number of nitrogens with zero attached hydrogens (tertiary/aromatic N) is 2. The number of hydrogen-bond donors (Lipinski definition) is 1. The van der Waals surface area contributed by atoms with Gasteiger partial charge in [0, 0.05) is 31.4 Å². The van der Waals surface area contributed by atoms with Crippen LogP contribution in [-0.4, -0.2) is 21.9 Å². The Morgan fingerprint density at radius 3 is 2.88 bits per heavy atom. The number of Topliss-reactive ketones (excluding diaryl/α,β-unsaturated/α-hetero) is 1. The average molecular weight is 223 g/mol. The van der Waals surface area contributed by atoms with Crippen molar-refractivity contribution in [2.45, 2.75) is 39.7 Å². The smallest absolute Gasteiger partial charge is 0.144 e. The van der Waals surface area contributed by atoms with Crippen LogP contribution in [0.3, 0.4) is 0 Å². The monoisotopic (exact) mass is 223 g/mol. The molecule has 1 aromatic rings. The molecular weight excluding hydrogens is 202 g/mol. The summed E-state index contributed by atoms with van der Waals surface area (Å²) in [7, 11) is 0. The number of hydrogen-bond acceptors (Lipinski definition) is 3. The maximum atomic E-state index is 12.0. The molecule has 16 heavy (non-hydrogen) atoms. The number of carbonyl (C=O) groups is 1. The first kappa shape index (κ1) is 12.9. The van der Waals surface area contributed by atoms with E-state index in [0.717, 1.165) is 25.2 Å². The standard InChI is InChI=1S/C12H21N3O/c1-3-5-10(9-13)11(16)8-12-14-6-7-15(12)4-2/h6-7,10H,3-5,8-9,13H2,1-2H3. The molecule has 1 heterocycles. The summed E-state index contributed by atoms with van der Waals surface area (Å²) in [5, 5.41) is 0. The van der Waals surface area contributed by atoms with Gasteiger partial charge < -0.3 is 10.3 Å². The maximum absolute atomic E-state index is 12.0. The topological polar surface area (TPSA) is 60.9 Å². The number of aryl methyl sites for hydroxylation is 1. The van der Waals surface area contributed by atoms with Gasteiger partial charge in [-0.15, -0.1) is 0 Å². The van der Waals surface area contributed by atoms with Gasteiger partial charge >= 0.3 is 0 Å². The second kappa shape index (κ2) is 6.43. The van der Waals surface area contributed by atoms with Crippen LogP contribution in [0.25, 0.3) is 0 Å². The van der Waals surface area contributed by atoms with Crippen LogP contribution in [0.1, 0.15) is 32.5 Å². The zero-order chi connectivity index (χ0) is 12.0. The molecule has 0 aliphatic rings. The number of imidazole rings is 1. The zero-order valence-corrected chi connectivity index (χ0v) is 10.1. The van der Waals surface area contributed by atoms with Gasteiger partial charge in [0.25, 0.3) is 0 Å². The molecule has 1 aromatic heterocycles. The lowest BCUT2D eigenvalue weighted by Crippen LogP contribution is -2.26. The van der Waals surface area contributed by atoms with E-state index in [-0.39, 0.29) is 11.7 Å². The predicted octanol–water partition coefficient (Wildman–Crippen LogP) is 1.39. The fraction of sp³-hybridized carbons (Fsp3) is 0.667. The second-order valence-corrected chi connectivity index (χ2v) is 3.99. The molecule has 0 spiro atoms. The van der Waals surface area contributed by atoms with E-state index in [0.29, 0.717) is 13.0 Å². The molecular formula is C12H21N3O. The first-order chi connectivity index (χ1) is 7.72. The van der Waals surface area contributed by atoms with Crippen LogP contribution in [0.4, 0.5) is 0 Å². The van der Waals surface area contributed by atoms with Gasteiger partial charge in [-0.25, -0.2) is 4.98 Å². The Morgan fingerprint density at radius 1 is 1.56 bits per heavy atom. The third-order valence-electron chi connectivity index (χ3n) is 2.85. The van der Waals surface area contributed by atoms with Gasteiger partial charge in [-0.2, -0.15) is 0 Å². The molecule has 0 saturated heterocycles. The van der Waals surface area contributed by atoms with Crippen molar-refractivity contribution in [1.29, 1.82) is 0 Å². The van der Waals surface area contributed by atoms with E-state index in [2.05, 4.69) is 11.9 Å². The highest BCUT2D eigenvalue weighted by Gasteiger charge is 2.17. The van der Waals surface area contributed by atoms with Gasteiger partial charge in [0.1, 0.15) is 11.6 Å². The van der Waals surface area contributed by atoms with E-state index < -0.39 is 0 Å². The Morgan fingerprint density at radius 2 is 2.31 bits per heavy atom. The van der Waals surface area contributed by atoms with Gasteiger partial charge in [0.05, 0.1) is 6.42 Å². The predicted molar refractivity (Wildman–Crippen MR) is 64.1 cm³/mol. The molecule has 0 radical (unpaired) electrons. The van der Waals surface area contributed by atoms with Crippen molar-refractivity contribution in [2.24, 2.45) is 11.7 Å². The van der Waals surface area contributed by atoms with Gasteiger partial charge in [-0.3, -0.25) is 4.79 Å². The van der Waals surface area contributed by atoms with Gasteiger partial charge in [0.2, 0.25) is 0 Å². The lowest BCUT2D eigenvalue weighted by Gasteiger charge is -2.12. The van der Waals surface area contributed by atoms with Crippen LogP contribution >= 0.6 is 0 Å². The third-order valence-corrected chi connectivity index (χ3v) is 2.85. The molecule has 0 aliphatic carbocycles. The van der Waals surface area contributed by atoms with Crippen LogP contribution in [0.15, 0.2) is 12.4 Å². The molecule has 1 unspecified atom stereocenters. The number of nitrogens with two attached hydrogens (primary N) is 1. The zero-order valence-electron chi connectivity index (χ0n) is 10.1. The van der Waals surface area contributed by atoms with Crippen molar-refractivity contribution in [3.8, 4) is 0 Å². The molecule has 90 valence electrons. The largest absolute Gasteiger partial charge is 0.335 e. The second-order valence-electron chi connectivity index (χ2n) is 3.99. The molecule has 0 bridgehead atoms. The summed E-state index contributed by atoms with van der Waals surface area (Å²) in [4.78, 5) is 16.2. The Bertz CT molecular complexity index is 333. The van der Waals surface area contributed by atoms with Crippen molar-refractivity contribution in [3.05, 3.63) is 18.2 Å². The number of carbonyl (C=O) groups excluding carboxylic acids is 1. The Kier molecular flexibility index (Phi) is 5.19. The minimum atomic E-state index is -0.00740. The lowest BCUT2D eigenvalue weighted by atomic mass is 9.96. The highest BCUT2D eigenvalue weighted by atomic mass is 16.1. The molecule has 1 rings (SSSR count). The first-order valence-electron chi connectivity index (χ1n) is 5.95.